The van der Waals surface area contributed by atoms with Gasteiger partial charge in [-0.05, 0) is 36.6 Å². The fourth-order valence-electron chi connectivity index (χ4n) is 2.37. The van der Waals surface area contributed by atoms with E-state index in [9.17, 15) is 14.4 Å². The molecule has 0 radical (unpaired) electrons. The fraction of sp³-hybridized carbons (Fsp3) is 0.385. The Morgan fingerprint density at radius 1 is 1.42 bits per heavy atom. The van der Waals surface area contributed by atoms with Crippen molar-refractivity contribution in [3.63, 3.8) is 0 Å². The van der Waals surface area contributed by atoms with Crippen LogP contribution in [0, 0.1) is 17.1 Å². The summed E-state index contributed by atoms with van der Waals surface area (Å²) in [6.45, 7) is 0.577. The van der Waals surface area contributed by atoms with Crippen LogP contribution in [-0.2, 0) is 5.41 Å². The molecule has 6 heteroatoms. The van der Waals surface area contributed by atoms with Gasteiger partial charge in [-0.25, -0.2) is 9.18 Å². The van der Waals surface area contributed by atoms with Crippen LogP contribution in [0.5, 0.6) is 0 Å². The summed E-state index contributed by atoms with van der Waals surface area (Å²) in [5, 5.41) is 18.4. The van der Waals surface area contributed by atoms with Crippen LogP contribution in [0.4, 0.5) is 9.18 Å². The van der Waals surface area contributed by atoms with Crippen molar-refractivity contribution in [3.8, 4) is 6.07 Å². The van der Waals surface area contributed by atoms with Crippen molar-refractivity contribution >= 4 is 22.0 Å². The first-order chi connectivity index (χ1) is 8.97. The van der Waals surface area contributed by atoms with Crippen LogP contribution in [0.15, 0.2) is 22.7 Å². The normalized spacial score (nSPS) is 17.8. The van der Waals surface area contributed by atoms with Gasteiger partial charge in [0.15, 0.2) is 0 Å². The number of rotatable bonds is 1. The van der Waals surface area contributed by atoms with Gasteiger partial charge in [0.2, 0.25) is 0 Å². The van der Waals surface area contributed by atoms with Crippen LogP contribution in [-0.4, -0.2) is 29.2 Å². The van der Waals surface area contributed by atoms with Gasteiger partial charge in [0.05, 0.1) is 11.5 Å². The van der Waals surface area contributed by atoms with Crippen LogP contribution in [0.1, 0.15) is 18.4 Å². The molecule has 0 spiro atoms. The summed E-state index contributed by atoms with van der Waals surface area (Å²) in [4.78, 5) is 12.2. The Morgan fingerprint density at radius 2 is 2.05 bits per heavy atom. The average molecular weight is 327 g/mol. The molecule has 19 heavy (non-hydrogen) atoms. The maximum atomic E-state index is 13.5. The first-order valence-corrected chi connectivity index (χ1v) is 6.62. The second-order valence-electron chi connectivity index (χ2n) is 4.62. The molecule has 2 rings (SSSR count). The number of nitriles is 1. The van der Waals surface area contributed by atoms with E-state index in [1.807, 2.05) is 0 Å². The smallest absolute Gasteiger partial charge is 0.407 e. The van der Waals surface area contributed by atoms with E-state index in [2.05, 4.69) is 22.0 Å². The molecular formula is C13H12BrFN2O2. The summed E-state index contributed by atoms with van der Waals surface area (Å²) >= 11 is 3.21. The maximum absolute atomic E-state index is 13.5. The van der Waals surface area contributed by atoms with Crippen LogP contribution < -0.4 is 0 Å². The predicted molar refractivity (Wildman–Crippen MR) is 70.2 cm³/mol. The third kappa shape index (κ3) is 2.71. The number of carboxylic acid groups (broad SMARTS) is 1. The molecule has 1 aromatic rings. The van der Waals surface area contributed by atoms with Gasteiger partial charge in [-0.2, -0.15) is 5.26 Å². The summed E-state index contributed by atoms with van der Waals surface area (Å²) in [7, 11) is 0. The van der Waals surface area contributed by atoms with Crippen molar-refractivity contribution in [2.45, 2.75) is 18.3 Å². The lowest BCUT2D eigenvalue weighted by Gasteiger charge is -2.36. The second kappa shape index (κ2) is 5.17. The third-order valence-electron chi connectivity index (χ3n) is 3.52. The van der Waals surface area contributed by atoms with Crippen molar-refractivity contribution in [2.24, 2.45) is 0 Å². The highest BCUT2D eigenvalue weighted by atomic mass is 79.9. The van der Waals surface area contributed by atoms with E-state index in [1.54, 1.807) is 6.07 Å². The van der Waals surface area contributed by atoms with Crippen molar-refractivity contribution in [3.05, 3.63) is 34.1 Å². The quantitative estimate of drug-likeness (QED) is 0.862. The van der Waals surface area contributed by atoms with Crippen LogP contribution >= 0.6 is 15.9 Å². The molecular weight excluding hydrogens is 315 g/mol. The van der Waals surface area contributed by atoms with Gasteiger partial charge in [0.25, 0.3) is 0 Å². The topological polar surface area (TPSA) is 64.3 Å². The second-order valence-corrected chi connectivity index (χ2v) is 5.54. The van der Waals surface area contributed by atoms with Crippen molar-refractivity contribution < 1.29 is 14.3 Å². The first-order valence-electron chi connectivity index (χ1n) is 5.82. The largest absolute Gasteiger partial charge is 0.465 e. The molecule has 1 saturated heterocycles. The molecule has 0 atom stereocenters. The minimum absolute atomic E-state index is 0.289. The van der Waals surface area contributed by atoms with Gasteiger partial charge in [0.1, 0.15) is 5.82 Å². The minimum atomic E-state index is -0.980. The van der Waals surface area contributed by atoms with Gasteiger partial charge in [0, 0.05) is 17.6 Å². The zero-order valence-corrected chi connectivity index (χ0v) is 11.7. The number of benzene rings is 1. The number of piperidine rings is 1. The molecule has 4 nitrogen and oxygen atoms in total. The minimum Gasteiger partial charge on any atom is -0.465 e. The van der Waals surface area contributed by atoms with E-state index in [4.69, 9.17) is 5.11 Å². The maximum Gasteiger partial charge on any atom is 0.407 e. The van der Waals surface area contributed by atoms with E-state index < -0.39 is 17.3 Å². The number of likely N-dealkylation sites (tertiary alicyclic amines) is 1. The van der Waals surface area contributed by atoms with Gasteiger partial charge >= 0.3 is 6.09 Å². The highest BCUT2D eigenvalue weighted by molar-refractivity contribution is 9.10. The highest BCUT2D eigenvalue weighted by Gasteiger charge is 2.38. The van der Waals surface area contributed by atoms with Crippen molar-refractivity contribution in [2.75, 3.05) is 13.1 Å². The van der Waals surface area contributed by atoms with Crippen molar-refractivity contribution in [1.82, 2.24) is 4.90 Å². The van der Waals surface area contributed by atoms with E-state index in [-0.39, 0.29) is 13.1 Å². The summed E-state index contributed by atoms with van der Waals surface area (Å²) in [6, 6.07) is 6.65. The number of nitrogens with zero attached hydrogens (tertiary/aromatic N) is 2. The molecule has 1 aliphatic heterocycles. The molecule has 1 heterocycles. The van der Waals surface area contributed by atoms with E-state index >= 15 is 0 Å². The Bertz CT molecular complexity index is 528. The van der Waals surface area contributed by atoms with Gasteiger partial charge < -0.3 is 10.0 Å². The third-order valence-corrected chi connectivity index (χ3v) is 3.97. The standard InChI is InChI=1S/C13H12BrFN2O2/c14-10-5-9(6-11(15)7-10)13(8-16)1-3-17(4-2-13)12(18)19/h5-7H,1-4H2,(H,18,19). The lowest BCUT2D eigenvalue weighted by molar-refractivity contribution is 0.125. The average Bonchev–Trinajstić information content (AvgIpc) is 2.37. The molecule has 1 amide bonds. The van der Waals surface area contributed by atoms with Gasteiger partial charge in [-0.1, -0.05) is 15.9 Å². The number of amides is 1. The Morgan fingerprint density at radius 3 is 2.53 bits per heavy atom. The lowest BCUT2D eigenvalue weighted by atomic mass is 9.74. The fourth-order valence-corrected chi connectivity index (χ4v) is 2.84. The SMILES string of the molecule is N#CC1(c2cc(F)cc(Br)c2)CCN(C(=O)O)CC1. The van der Waals surface area contributed by atoms with E-state index in [1.165, 1.54) is 17.0 Å². The van der Waals surface area contributed by atoms with Crippen molar-refractivity contribution in [1.29, 1.82) is 5.26 Å². The monoisotopic (exact) mass is 326 g/mol. The van der Waals surface area contributed by atoms with E-state index in [0.717, 1.165) is 0 Å². The zero-order valence-electron chi connectivity index (χ0n) is 10.1. The molecule has 1 aromatic carbocycles. The van der Waals surface area contributed by atoms with E-state index in [0.29, 0.717) is 22.9 Å². The van der Waals surface area contributed by atoms with Crippen LogP contribution in [0.2, 0.25) is 0 Å². The molecule has 0 saturated carbocycles. The number of carbonyl (C=O) groups is 1. The number of halogens is 2. The zero-order chi connectivity index (χ0) is 14.0. The molecule has 0 aliphatic carbocycles. The Kier molecular flexibility index (Phi) is 3.76. The van der Waals surface area contributed by atoms with Crippen LogP contribution in [0.25, 0.3) is 0 Å². The summed E-state index contributed by atoms with van der Waals surface area (Å²) in [5.74, 6) is -0.403. The Labute approximate surface area is 118 Å². The Balaban J connectivity index is 2.30. The van der Waals surface area contributed by atoms with Gasteiger partial charge in [-0.3, -0.25) is 0 Å². The highest BCUT2D eigenvalue weighted by Crippen LogP contribution is 2.36. The molecule has 1 fully saturated rings. The Hall–Kier alpha value is -1.61. The molecule has 100 valence electrons. The summed E-state index contributed by atoms with van der Waals surface area (Å²) in [6.07, 6.45) is -0.218. The van der Waals surface area contributed by atoms with Crippen LogP contribution in [0.3, 0.4) is 0 Å². The molecule has 1 N–H and O–H groups in total. The molecule has 0 aromatic heterocycles. The molecule has 1 aliphatic rings. The summed E-state index contributed by atoms with van der Waals surface area (Å²) < 4.78 is 14.0. The predicted octanol–water partition coefficient (Wildman–Crippen LogP) is 3.12. The lowest BCUT2D eigenvalue weighted by Crippen LogP contribution is -2.44. The number of hydrogen-bond donors (Lipinski definition) is 1. The first kappa shape index (κ1) is 13.8. The molecule has 0 bridgehead atoms. The number of hydrogen-bond acceptors (Lipinski definition) is 2. The summed E-state index contributed by atoms with van der Waals surface area (Å²) in [5.41, 5.74) is -0.205. The van der Waals surface area contributed by atoms with Gasteiger partial charge in [-0.15, -0.1) is 0 Å². The molecule has 0 unspecified atom stereocenters.